The molecule has 0 atom stereocenters. The third-order valence-electron chi connectivity index (χ3n) is 4.20. The van der Waals surface area contributed by atoms with Gasteiger partial charge in [0.1, 0.15) is 11.6 Å². The van der Waals surface area contributed by atoms with Gasteiger partial charge in [-0.25, -0.2) is 4.39 Å². The van der Waals surface area contributed by atoms with Gasteiger partial charge in [0, 0.05) is 32.7 Å². The van der Waals surface area contributed by atoms with Gasteiger partial charge in [-0.1, -0.05) is 19.1 Å². The summed E-state index contributed by atoms with van der Waals surface area (Å²) in [5.74, 6) is 0.300. The predicted octanol–water partition coefficient (Wildman–Crippen LogP) is 2.40. The zero-order valence-electron chi connectivity index (χ0n) is 14.3. The zero-order chi connectivity index (χ0) is 17.6. The molecule has 1 saturated heterocycles. The molecule has 0 aliphatic carbocycles. The Balaban J connectivity index is 1.59. The van der Waals surface area contributed by atoms with Crippen molar-refractivity contribution in [3.05, 3.63) is 47.9 Å². The van der Waals surface area contributed by atoms with Gasteiger partial charge >= 0.3 is 0 Å². The molecule has 0 spiro atoms. The smallest absolute Gasteiger partial charge is 0.274 e. The molecule has 0 radical (unpaired) electrons. The molecule has 25 heavy (non-hydrogen) atoms. The molecule has 1 aliphatic rings. The van der Waals surface area contributed by atoms with Crippen molar-refractivity contribution in [1.29, 1.82) is 0 Å². The lowest BCUT2D eigenvalue weighted by atomic mass is 10.2. The van der Waals surface area contributed by atoms with Crippen molar-refractivity contribution in [3.8, 4) is 0 Å². The van der Waals surface area contributed by atoms with Crippen LogP contribution in [0.1, 0.15) is 23.8 Å². The molecule has 1 aliphatic heterocycles. The van der Waals surface area contributed by atoms with Crippen LogP contribution < -0.4 is 10.2 Å². The van der Waals surface area contributed by atoms with Crippen LogP contribution in [0.2, 0.25) is 0 Å². The van der Waals surface area contributed by atoms with Crippen molar-refractivity contribution in [1.82, 2.24) is 15.1 Å². The molecule has 6 nitrogen and oxygen atoms in total. The van der Waals surface area contributed by atoms with E-state index in [1.54, 1.807) is 29.2 Å². The molecule has 2 heterocycles. The Labute approximate surface area is 146 Å². The summed E-state index contributed by atoms with van der Waals surface area (Å²) in [5, 5.41) is 11.2. The van der Waals surface area contributed by atoms with Crippen LogP contribution in [0, 0.1) is 5.82 Å². The first-order chi connectivity index (χ1) is 12.2. The number of benzene rings is 1. The van der Waals surface area contributed by atoms with Crippen LogP contribution in [0.5, 0.6) is 0 Å². The van der Waals surface area contributed by atoms with Crippen molar-refractivity contribution >= 4 is 17.4 Å². The topological polar surface area (TPSA) is 61.4 Å². The number of amides is 1. The van der Waals surface area contributed by atoms with E-state index in [1.165, 1.54) is 6.07 Å². The molecule has 0 bridgehead atoms. The van der Waals surface area contributed by atoms with E-state index in [9.17, 15) is 9.18 Å². The molecule has 1 aromatic heterocycles. The summed E-state index contributed by atoms with van der Waals surface area (Å²) >= 11 is 0. The second kappa shape index (κ2) is 7.92. The maximum absolute atomic E-state index is 13.9. The van der Waals surface area contributed by atoms with Crippen LogP contribution in [0.25, 0.3) is 0 Å². The lowest BCUT2D eigenvalue weighted by Gasteiger charge is -2.36. The standard InChI is InChI=1S/C18H22FN5O/c1-2-9-20-17-8-7-15(21-22-17)18(25)24-12-10-23(11-13-24)16-6-4-3-5-14(16)19/h3-8H,2,9-13H2,1H3,(H,20,22). The molecular formula is C18H22FN5O. The van der Waals surface area contributed by atoms with Crippen LogP contribution >= 0.6 is 0 Å². The van der Waals surface area contributed by atoms with Crippen LogP contribution in [-0.2, 0) is 0 Å². The van der Waals surface area contributed by atoms with Gasteiger partial charge in [0.2, 0.25) is 0 Å². The van der Waals surface area contributed by atoms with E-state index >= 15 is 0 Å². The largest absolute Gasteiger partial charge is 0.369 e. The Hall–Kier alpha value is -2.70. The third-order valence-corrected chi connectivity index (χ3v) is 4.20. The normalized spacial score (nSPS) is 14.5. The van der Waals surface area contributed by atoms with Crippen molar-refractivity contribution in [2.24, 2.45) is 0 Å². The molecule has 1 amide bonds. The highest BCUT2D eigenvalue weighted by Gasteiger charge is 2.24. The fraction of sp³-hybridized carbons (Fsp3) is 0.389. The predicted molar refractivity (Wildman–Crippen MR) is 95.3 cm³/mol. The van der Waals surface area contributed by atoms with E-state index in [4.69, 9.17) is 0 Å². The summed E-state index contributed by atoms with van der Waals surface area (Å²) in [6, 6.07) is 10.2. The fourth-order valence-electron chi connectivity index (χ4n) is 2.81. The van der Waals surface area contributed by atoms with Gasteiger partial charge in [-0.2, -0.15) is 0 Å². The molecule has 1 fully saturated rings. The van der Waals surface area contributed by atoms with Crippen molar-refractivity contribution in [2.75, 3.05) is 42.9 Å². The number of carbonyl (C=O) groups is 1. The highest BCUT2D eigenvalue weighted by atomic mass is 19.1. The highest BCUT2D eigenvalue weighted by Crippen LogP contribution is 2.20. The highest BCUT2D eigenvalue weighted by molar-refractivity contribution is 5.92. The van der Waals surface area contributed by atoms with E-state index < -0.39 is 0 Å². The molecule has 3 rings (SSSR count). The number of halogens is 1. The Morgan fingerprint density at radius 3 is 2.52 bits per heavy atom. The Morgan fingerprint density at radius 2 is 1.88 bits per heavy atom. The Kier molecular flexibility index (Phi) is 5.42. The molecule has 1 N–H and O–H groups in total. The van der Waals surface area contributed by atoms with Crippen molar-refractivity contribution < 1.29 is 9.18 Å². The first-order valence-electron chi connectivity index (χ1n) is 8.55. The molecule has 0 saturated carbocycles. The Bertz CT molecular complexity index is 714. The van der Waals surface area contributed by atoms with E-state index in [1.807, 2.05) is 11.0 Å². The monoisotopic (exact) mass is 343 g/mol. The number of nitrogens with zero attached hydrogens (tertiary/aromatic N) is 4. The van der Waals surface area contributed by atoms with Gasteiger partial charge in [0.25, 0.3) is 5.91 Å². The van der Waals surface area contributed by atoms with Gasteiger partial charge in [-0.05, 0) is 30.7 Å². The summed E-state index contributed by atoms with van der Waals surface area (Å²) in [6.07, 6.45) is 0.995. The average Bonchev–Trinajstić information content (AvgIpc) is 2.67. The first kappa shape index (κ1) is 17.1. The minimum Gasteiger partial charge on any atom is -0.369 e. The molecule has 7 heteroatoms. The summed E-state index contributed by atoms with van der Waals surface area (Å²) in [7, 11) is 0. The van der Waals surface area contributed by atoms with E-state index in [0.717, 1.165) is 13.0 Å². The third kappa shape index (κ3) is 4.04. The molecule has 1 aromatic carbocycles. The SMILES string of the molecule is CCCNc1ccc(C(=O)N2CCN(c3ccccc3F)CC2)nn1. The number of nitrogens with one attached hydrogen (secondary N) is 1. The summed E-state index contributed by atoms with van der Waals surface area (Å²) < 4.78 is 13.9. The molecule has 0 unspecified atom stereocenters. The Morgan fingerprint density at radius 1 is 1.12 bits per heavy atom. The van der Waals surface area contributed by atoms with Crippen LogP contribution in [0.4, 0.5) is 15.9 Å². The van der Waals surface area contributed by atoms with Crippen LogP contribution in [0.15, 0.2) is 36.4 Å². The second-order valence-electron chi connectivity index (χ2n) is 5.96. The van der Waals surface area contributed by atoms with Gasteiger partial charge in [0.05, 0.1) is 5.69 Å². The minimum atomic E-state index is -0.233. The number of hydrogen-bond acceptors (Lipinski definition) is 5. The van der Waals surface area contributed by atoms with Crippen molar-refractivity contribution in [3.63, 3.8) is 0 Å². The molecule has 132 valence electrons. The van der Waals surface area contributed by atoms with Crippen LogP contribution in [0.3, 0.4) is 0 Å². The number of carbonyl (C=O) groups excluding carboxylic acids is 1. The summed E-state index contributed by atoms with van der Waals surface area (Å²) in [4.78, 5) is 16.2. The van der Waals surface area contributed by atoms with Gasteiger partial charge in [-0.15, -0.1) is 10.2 Å². The number of aromatic nitrogens is 2. The lowest BCUT2D eigenvalue weighted by Crippen LogP contribution is -2.49. The van der Waals surface area contributed by atoms with Crippen molar-refractivity contribution in [2.45, 2.75) is 13.3 Å². The maximum Gasteiger partial charge on any atom is 0.274 e. The average molecular weight is 343 g/mol. The van der Waals surface area contributed by atoms with Gasteiger partial charge < -0.3 is 15.1 Å². The number of hydrogen-bond donors (Lipinski definition) is 1. The maximum atomic E-state index is 13.9. The molecule has 2 aromatic rings. The van der Waals surface area contributed by atoms with Gasteiger partial charge in [-0.3, -0.25) is 4.79 Å². The van der Waals surface area contributed by atoms with E-state index in [-0.39, 0.29) is 11.7 Å². The summed E-state index contributed by atoms with van der Waals surface area (Å²) in [5.41, 5.74) is 0.919. The first-order valence-corrected chi connectivity index (χ1v) is 8.55. The zero-order valence-corrected chi connectivity index (χ0v) is 14.3. The number of piperazine rings is 1. The van der Waals surface area contributed by atoms with E-state index in [0.29, 0.717) is 43.4 Å². The van der Waals surface area contributed by atoms with Crippen LogP contribution in [-0.4, -0.2) is 53.7 Å². The minimum absolute atomic E-state index is 0.136. The lowest BCUT2D eigenvalue weighted by molar-refractivity contribution is 0.0739. The summed E-state index contributed by atoms with van der Waals surface area (Å²) in [6.45, 7) is 5.14. The fourth-order valence-corrected chi connectivity index (χ4v) is 2.81. The number of rotatable bonds is 5. The number of anilines is 2. The number of para-hydroxylation sites is 1. The second-order valence-corrected chi connectivity index (χ2v) is 5.96. The quantitative estimate of drug-likeness (QED) is 0.903. The van der Waals surface area contributed by atoms with Gasteiger partial charge in [0.15, 0.2) is 5.69 Å². The van der Waals surface area contributed by atoms with E-state index in [2.05, 4.69) is 22.4 Å². The molecular weight excluding hydrogens is 321 g/mol.